The number of piperidine rings is 2. The summed E-state index contributed by atoms with van der Waals surface area (Å²) in [6.45, 7) is 5.57. The summed E-state index contributed by atoms with van der Waals surface area (Å²) in [6, 6.07) is 35.9. The number of carbonyl (C=O) groups is 1. The molecular formula is C38H40N4O3. The van der Waals surface area contributed by atoms with E-state index in [2.05, 4.69) is 33.3 Å². The number of amides is 1. The van der Waals surface area contributed by atoms with Crippen molar-refractivity contribution in [2.24, 2.45) is 0 Å². The summed E-state index contributed by atoms with van der Waals surface area (Å²) in [6.07, 6.45) is 3.88. The predicted molar refractivity (Wildman–Crippen MR) is 175 cm³/mol. The molecule has 0 aromatic heterocycles. The number of hydrogen-bond acceptors (Lipinski definition) is 6. The van der Waals surface area contributed by atoms with Gasteiger partial charge in [0, 0.05) is 50.9 Å². The minimum atomic E-state index is -0.0407. The molecule has 1 N–H and O–H groups in total. The number of benzene rings is 4. The Hall–Kier alpha value is -4.64. The average Bonchev–Trinajstić information content (AvgIpc) is 3.08. The molecule has 0 unspecified atom stereocenters. The number of likely N-dealkylation sites (tertiary alicyclic amines) is 2. The van der Waals surface area contributed by atoms with Crippen LogP contribution in [0.2, 0.25) is 0 Å². The van der Waals surface area contributed by atoms with Crippen molar-refractivity contribution in [1.82, 2.24) is 15.1 Å². The molecule has 1 amide bonds. The third-order valence-electron chi connectivity index (χ3n) is 8.65. The molecule has 0 aliphatic carbocycles. The highest BCUT2D eigenvalue weighted by Gasteiger charge is 2.23. The summed E-state index contributed by atoms with van der Waals surface area (Å²) >= 11 is 0. The van der Waals surface area contributed by atoms with Crippen LogP contribution in [0.15, 0.2) is 103 Å². The summed E-state index contributed by atoms with van der Waals surface area (Å²) in [5.41, 5.74) is 3.80. The van der Waals surface area contributed by atoms with Gasteiger partial charge in [-0.3, -0.25) is 14.6 Å². The van der Waals surface area contributed by atoms with Crippen molar-refractivity contribution in [2.75, 3.05) is 26.2 Å². The van der Waals surface area contributed by atoms with Crippen molar-refractivity contribution in [3.05, 3.63) is 125 Å². The van der Waals surface area contributed by atoms with Crippen LogP contribution in [-0.4, -0.2) is 54.0 Å². The van der Waals surface area contributed by atoms with Crippen molar-refractivity contribution in [3.8, 4) is 23.3 Å². The van der Waals surface area contributed by atoms with Crippen molar-refractivity contribution in [3.63, 3.8) is 0 Å². The maximum atomic E-state index is 13.1. The minimum Gasteiger partial charge on any atom is -0.490 e. The van der Waals surface area contributed by atoms with E-state index in [1.807, 2.05) is 91.0 Å². The second-order valence-corrected chi connectivity index (χ2v) is 12.0. The maximum absolute atomic E-state index is 13.1. The highest BCUT2D eigenvalue weighted by atomic mass is 16.5. The zero-order valence-electron chi connectivity index (χ0n) is 25.6. The number of nitrogens with one attached hydrogen (secondary N) is 1. The number of ether oxygens (including phenoxy) is 2. The molecule has 230 valence electrons. The van der Waals surface area contributed by atoms with E-state index < -0.39 is 0 Å². The molecular weight excluding hydrogens is 560 g/mol. The molecule has 2 fully saturated rings. The number of nitrogens with zero attached hydrogens (tertiary/aromatic N) is 3. The first kappa shape index (κ1) is 30.4. The zero-order valence-corrected chi connectivity index (χ0v) is 25.6. The molecule has 2 aliphatic heterocycles. The average molecular weight is 601 g/mol. The van der Waals surface area contributed by atoms with Crippen molar-refractivity contribution in [1.29, 1.82) is 5.26 Å². The Morgan fingerprint density at radius 2 is 1.29 bits per heavy atom. The van der Waals surface area contributed by atoms with Gasteiger partial charge in [-0.1, -0.05) is 48.5 Å². The lowest BCUT2D eigenvalue weighted by atomic mass is 10.0. The molecule has 45 heavy (non-hydrogen) atoms. The summed E-state index contributed by atoms with van der Waals surface area (Å²) in [5, 5.41) is 12.2. The molecule has 7 nitrogen and oxygen atoms in total. The monoisotopic (exact) mass is 600 g/mol. The van der Waals surface area contributed by atoms with Gasteiger partial charge in [-0.15, -0.1) is 0 Å². The Bertz CT molecular complexity index is 1570. The first-order chi connectivity index (χ1) is 22.1. The molecule has 0 saturated carbocycles. The first-order valence-electron chi connectivity index (χ1n) is 15.9. The van der Waals surface area contributed by atoms with Crippen LogP contribution in [0.1, 0.15) is 52.7 Å². The van der Waals surface area contributed by atoms with E-state index in [1.165, 1.54) is 11.1 Å². The van der Waals surface area contributed by atoms with Gasteiger partial charge >= 0.3 is 0 Å². The topological polar surface area (TPSA) is 77.8 Å². The van der Waals surface area contributed by atoms with E-state index in [9.17, 15) is 4.79 Å². The molecule has 0 spiro atoms. The minimum absolute atomic E-state index is 0.0407. The summed E-state index contributed by atoms with van der Waals surface area (Å²) in [7, 11) is 0. The number of rotatable bonds is 10. The summed E-state index contributed by atoms with van der Waals surface area (Å²) in [4.78, 5) is 18.0. The predicted octanol–water partition coefficient (Wildman–Crippen LogP) is 6.79. The van der Waals surface area contributed by atoms with Crippen molar-refractivity contribution < 1.29 is 14.3 Å². The van der Waals surface area contributed by atoms with E-state index in [4.69, 9.17) is 14.7 Å². The van der Waals surface area contributed by atoms with Gasteiger partial charge in [0.05, 0.1) is 11.6 Å². The van der Waals surface area contributed by atoms with Crippen LogP contribution >= 0.6 is 0 Å². The van der Waals surface area contributed by atoms with Crippen LogP contribution in [0.4, 0.5) is 0 Å². The van der Waals surface area contributed by atoms with Crippen molar-refractivity contribution >= 4 is 5.91 Å². The molecule has 4 aromatic rings. The first-order valence-corrected chi connectivity index (χ1v) is 15.9. The third kappa shape index (κ3) is 8.72. The van der Waals surface area contributed by atoms with Crippen LogP contribution in [0.3, 0.4) is 0 Å². The van der Waals surface area contributed by atoms with E-state index in [0.717, 1.165) is 82.2 Å². The van der Waals surface area contributed by atoms with Gasteiger partial charge in [0.2, 0.25) is 0 Å². The van der Waals surface area contributed by atoms with E-state index in [-0.39, 0.29) is 18.1 Å². The third-order valence-corrected chi connectivity index (χ3v) is 8.65. The summed E-state index contributed by atoms with van der Waals surface area (Å²) < 4.78 is 12.3. The SMILES string of the molecule is N#Cc1ccc(CN2CCC(NC(=O)c3cccc(OC4CCN(Cc5ccc(Oc6ccccc6)cc5)CC4)c3)CC2)cc1. The standard InChI is InChI=1S/C38H40N4O3/c39-26-29-9-11-30(12-10-29)27-41-21-17-33(18-22-41)40-38(43)32-5-4-8-37(25-32)45-36-19-23-42(24-20-36)28-31-13-15-35(16-14-31)44-34-6-2-1-3-7-34/h1-16,25,33,36H,17-24,27-28H2,(H,40,43). The highest BCUT2D eigenvalue weighted by molar-refractivity contribution is 5.94. The van der Waals surface area contributed by atoms with Crippen LogP contribution in [0, 0.1) is 11.3 Å². The second kappa shape index (κ2) is 14.9. The van der Waals surface area contributed by atoms with Crippen LogP contribution in [0.25, 0.3) is 0 Å². The maximum Gasteiger partial charge on any atom is 0.251 e. The fourth-order valence-corrected chi connectivity index (χ4v) is 6.08. The van der Waals surface area contributed by atoms with Gasteiger partial charge in [0.15, 0.2) is 0 Å². The number of hydrogen-bond donors (Lipinski definition) is 1. The van der Waals surface area contributed by atoms with E-state index in [1.54, 1.807) is 0 Å². The largest absolute Gasteiger partial charge is 0.490 e. The molecule has 2 heterocycles. The van der Waals surface area contributed by atoms with Crippen molar-refractivity contribution in [2.45, 2.75) is 50.9 Å². The number of nitriles is 1. The Balaban J connectivity index is 0.917. The Kier molecular flexibility index (Phi) is 10.1. The molecule has 0 atom stereocenters. The number of carbonyl (C=O) groups excluding carboxylic acids is 1. The molecule has 2 saturated heterocycles. The van der Waals surface area contributed by atoms with Gasteiger partial charge in [0.25, 0.3) is 5.91 Å². The number of para-hydroxylation sites is 1. The zero-order chi connectivity index (χ0) is 30.8. The molecule has 0 bridgehead atoms. The van der Waals surface area contributed by atoms with Crippen LogP contribution < -0.4 is 14.8 Å². The van der Waals surface area contributed by atoms with Crippen LogP contribution in [-0.2, 0) is 13.1 Å². The lowest BCUT2D eigenvalue weighted by Gasteiger charge is -2.32. The lowest BCUT2D eigenvalue weighted by Crippen LogP contribution is -2.44. The Morgan fingerprint density at radius 1 is 0.711 bits per heavy atom. The fourth-order valence-electron chi connectivity index (χ4n) is 6.08. The van der Waals surface area contributed by atoms with E-state index in [0.29, 0.717) is 11.1 Å². The fraction of sp³-hybridized carbons (Fsp3) is 0.316. The molecule has 0 radical (unpaired) electrons. The lowest BCUT2D eigenvalue weighted by molar-refractivity contribution is 0.0900. The quantitative estimate of drug-likeness (QED) is 0.216. The molecule has 6 rings (SSSR count). The van der Waals surface area contributed by atoms with Gasteiger partial charge in [-0.05, 0) is 91.4 Å². The summed E-state index contributed by atoms with van der Waals surface area (Å²) in [5.74, 6) is 2.40. The highest BCUT2D eigenvalue weighted by Crippen LogP contribution is 2.24. The van der Waals surface area contributed by atoms with Gasteiger partial charge in [0.1, 0.15) is 23.4 Å². The Labute approximate surface area is 266 Å². The Morgan fingerprint density at radius 3 is 1.93 bits per heavy atom. The van der Waals surface area contributed by atoms with Gasteiger partial charge < -0.3 is 14.8 Å². The normalized spacial score (nSPS) is 16.5. The van der Waals surface area contributed by atoms with E-state index >= 15 is 0 Å². The van der Waals surface area contributed by atoms with Gasteiger partial charge in [-0.2, -0.15) is 5.26 Å². The smallest absolute Gasteiger partial charge is 0.251 e. The molecule has 4 aromatic carbocycles. The second-order valence-electron chi connectivity index (χ2n) is 12.0. The van der Waals surface area contributed by atoms with Crippen LogP contribution in [0.5, 0.6) is 17.2 Å². The van der Waals surface area contributed by atoms with Gasteiger partial charge in [-0.25, -0.2) is 0 Å². The molecule has 7 heteroatoms. The molecule has 2 aliphatic rings.